The van der Waals surface area contributed by atoms with E-state index in [0.29, 0.717) is 36.1 Å². The number of rotatable bonds is 6. The number of aromatic nitrogens is 1. The van der Waals surface area contributed by atoms with Crippen LogP contribution in [-0.2, 0) is 4.79 Å². The summed E-state index contributed by atoms with van der Waals surface area (Å²) in [6, 6.07) is 22.5. The molecule has 5 rings (SSSR count). The zero-order valence-electron chi connectivity index (χ0n) is 18.0. The standard InChI is InChI=1S/C26H22N2O5/c1-30-19-6-4-5-17(13-19)22-15-24(20-7-2-3-8-21(20)28-22)33-16-26(29)27-18-9-10-23-25(14-18)32-12-11-31-23/h2-10,13-15H,11-12,16H2,1H3,(H,27,29). The fraction of sp³-hybridized carbons (Fsp3) is 0.154. The second-order valence-corrected chi connectivity index (χ2v) is 7.45. The summed E-state index contributed by atoms with van der Waals surface area (Å²) in [6.45, 7) is 0.850. The summed E-state index contributed by atoms with van der Waals surface area (Å²) < 4.78 is 22.4. The van der Waals surface area contributed by atoms with Crippen molar-refractivity contribution < 1.29 is 23.7 Å². The third kappa shape index (κ3) is 4.52. The van der Waals surface area contributed by atoms with E-state index < -0.39 is 0 Å². The highest BCUT2D eigenvalue weighted by molar-refractivity contribution is 5.93. The molecule has 166 valence electrons. The van der Waals surface area contributed by atoms with Gasteiger partial charge in [-0.15, -0.1) is 0 Å². The maximum Gasteiger partial charge on any atom is 0.262 e. The third-order valence-electron chi connectivity index (χ3n) is 5.23. The average Bonchev–Trinajstić information content (AvgIpc) is 2.87. The van der Waals surface area contributed by atoms with E-state index in [0.717, 1.165) is 27.9 Å². The van der Waals surface area contributed by atoms with Crippen molar-refractivity contribution in [2.75, 3.05) is 32.2 Å². The second-order valence-electron chi connectivity index (χ2n) is 7.45. The van der Waals surface area contributed by atoms with Crippen molar-refractivity contribution in [2.24, 2.45) is 0 Å². The number of carbonyl (C=O) groups excluding carboxylic acids is 1. The fourth-order valence-electron chi connectivity index (χ4n) is 3.65. The maximum absolute atomic E-state index is 12.6. The lowest BCUT2D eigenvalue weighted by Gasteiger charge is -2.19. The maximum atomic E-state index is 12.6. The van der Waals surface area contributed by atoms with Crippen LogP contribution in [0.3, 0.4) is 0 Å². The number of anilines is 1. The molecule has 1 N–H and O–H groups in total. The Balaban J connectivity index is 1.36. The molecule has 7 nitrogen and oxygen atoms in total. The van der Waals surface area contributed by atoms with Gasteiger partial charge in [-0.25, -0.2) is 4.98 Å². The van der Waals surface area contributed by atoms with Crippen molar-refractivity contribution in [3.8, 4) is 34.3 Å². The van der Waals surface area contributed by atoms with Gasteiger partial charge < -0.3 is 24.3 Å². The summed E-state index contributed by atoms with van der Waals surface area (Å²) in [5.74, 6) is 2.32. The molecule has 0 unspecified atom stereocenters. The minimum Gasteiger partial charge on any atom is -0.497 e. The molecular formula is C26H22N2O5. The Bertz CT molecular complexity index is 1320. The highest BCUT2D eigenvalue weighted by atomic mass is 16.6. The van der Waals surface area contributed by atoms with Gasteiger partial charge >= 0.3 is 0 Å². The smallest absolute Gasteiger partial charge is 0.262 e. The minimum absolute atomic E-state index is 0.153. The number of para-hydroxylation sites is 1. The highest BCUT2D eigenvalue weighted by Gasteiger charge is 2.14. The first kappa shape index (κ1) is 20.6. The summed E-state index contributed by atoms with van der Waals surface area (Å²) in [4.78, 5) is 17.3. The first-order valence-corrected chi connectivity index (χ1v) is 10.6. The van der Waals surface area contributed by atoms with Gasteiger partial charge in [-0.2, -0.15) is 0 Å². The van der Waals surface area contributed by atoms with E-state index in [1.54, 1.807) is 25.3 Å². The van der Waals surface area contributed by atoms with Crippen LogP contribution in [0.15, 0.2) is 72.8 Å². The van der Waals surface area contributed by atoms with Crippen molar-refractivity contribution in [3.05, 3.63) is 72.8 Å². The largest absolute Gasteiger partial charge is 0.497 e. The molecule has 3 aromatic carbocycles. The number of hydrogen-bond acceptors (Lipinski definition) is 6. The molecule has 0 spiro atoms. The lowest BCUT2D eigenvalue weighted by Crippen LogP contribution is -2.21. The Labute approximate surface area is 190 Å². The quantitative estimate of drug-likeness (QED) is 0.466. The molecule has 4 aromatic rings. The van der Waals surface area contributed by atoms with Gasteiger partial charge in [0.2, 0.25) is 0 Å². The molecule has 0 bridgehead atoms. The lowest BCUT2D eigenvalue weighted by molar-refractivity contribution is -0.118. The summed E-state index contributed by atoms with van der Waals surface area (Å²) in [7, 11) is 1.63. The molecule has 0 saturated carbocycles. The number of amides is 1. The van der Waals surface area contributed by atoms with E-state index in [9.17, 15) is 4.79 Å². The minimum atomic E-state index is -0.282. The Hall–Kier alpha value is -4.26. The van der Waals surface area contributed by atoms with Crippen LogP contribution in [-0.4, -0.2) is 37.8 Å². The van der Waals surface area contributed by atoms with Crippen LogP contribution < -0.4 is 24.3 Å². The van der Waals surface area contributed by atoms with Crippen LogP contribution in [0.2, 0.25) is 0 Å². The molecule has 2 heterocycles. The van der Waals surface area contributed by atoms with E-state index in [4.69, 9.17) is 23.9 Å². The van der Waals surface area contributed by atoms with Gasteiger partial charge in [0.25, 0.3) is 5.91 Å². The average molecular weight is 442 g/mol. The van der Waals surface area contributed by atoms with Crippen molar-refractivity contribution in [3.63, 3.8) is 0 Å². The van der Waals surface area contributed by atoms with E-state index in [-0.39, 0.29) is 12.5 Å². The normalized spacial score (nSPS) is 12.3. The van der Waals surface area contributed by atoms with Crippen molar-refractivity contribution >= 4 is 22.5 Å². The van der Waals surface area contributed by atoms with Crippen molar-refractivity contribution in [1.82, 2.24) is 4.98 Å². The Morgan fingerprint density at radius 1 is 0.970 bits per heavy atom. The predicted molar refractivity (Wildman–Crippen MR) is 125 cm³/mol. The zero-order chi connectivity index (χ0) is 22.6. The van der Waals surface area contributed by atoms with Gasteiger partial charge in [-0.3, -0.25) is 4.79 Å². The Morgan fingerprint density at radius 3 is 2.70 bits per heavy atom. The molecule has 1 amide bonds. The number of nitrogens with one attached hydrogen (secondary N) is 1. The Morgan fingerprint density at radius 2 is 1.82 bits per heavy atom. The van der Waals surface area contributed by atoms with Crippen molar-refractivity contribution in [1.29, 1.82) is 0 Å². The molecule has 0 fully saturated rings. The predicted octanol–water partition coefficient (Wildman–Crippen LogP) is 4.70. The number of ether oxygens (including phenoxy) is 4. The van der Waals surface area contributed by atoms with Gasteiger partial charge in [-0.1, -0.05) is 24.3 Å². The highest BCUT2D eigenvalue weighted by Crippen LogP contribution is 2.33. The van der Waals surface area contributed by atoms with E-state index in [2.05, 4.69) is 5.32 Å². The molecule has 1 aromatic heterocycles. The van der Waals surface area contributed by atoms with Crippen LogP contribution in [0.25, 0.3) is 22.2 Å². The summed E-state index contributed by atoms with van der Waals surface area (Å²) >= 11 is 0. The topological polar surface area (TPSA) is 78.9 Å². The summed E-state index contributed by atoms with van der Waals surface area (Å²) in [5.41, 5.74) is 3.02. The van der Waals surface area contributed by atoms with Crippen molar-refractivity contribution in [2.45, 2.75) is 0 Å². The Kier molecular flexibility index (Phi) is 5.68. The molecule has 0 radical (unpaired) electrons. The van der Waals surface area contributed by atoms with E-state index in [1.165, 1.54) is 0 Å². The number of carbonyl (C=O) groups is 1. The number of methoxy groups -OCH3 is 1. The molecular weight excluding hydrogens is 420 g/mol. The van der Waals surface area contributed by atoms with Crippen LogP contribution in [0.5, 0.6) is 23.0 Å². The van der Waals surface area contributed by atoms with Crippen LogP contribution >= 0.6 is 0 Å². The molecule has 1 aliphatic rings. The first-order valence-electron chi connectivity index (χ1n) is 10.6. The van der Waals surface area contributed by atoms with Gasteiger partial charge in [0.05, 0.1) is 18.3 Å². The van der Waals surface area contributed by atoms with Gasteiger partial charge in [-0.05, 0) is 36.4 Å². The molecule has 0 aliphatic carbocycles. The third-order valence-corrected chi connectivity index (χ3v) is 5.23. The molecule has 0 saturated heterocycles. The van der Waals surface area contributed by atoms with Gasteiger partial charge in [0, 0.05) is 28.8 Å². The van der Waals surface area contributed by atoms with Crippen LogP contribution in [0.1, 0.15) is 0 Å². The van der Waals surface area contributed by atoms with Gasteiger partial charge in [0.15, 0.2) is 18.1 Å². The van der Waals surface area contributed by atoms with Crippen LogP contribution in [0.4, 0.5) is 5.69 Å². The van der Waals surface area contributed by atoms with E-state index >= 15 is 0 Å². The summed E-state index contributed by atoms with van der Waals surface area (Å²) in [5, 5.41) is 3.67. The molecule has 7 heteroatoms. The lowest BCUT2D eigenvalue weighted by atomic mass is 10.1. The summed E-state index contributed by atoms with van der Waals surface area (Å²) in [6.07, 6.45) is 0. The van der Waals surface area contributed by atoms with Gasteiger partial charge in [0.1, 0.15) is 24.7 Å². The molecule has 1 aliphatic heterocycles. The molecule has 0 atom stereocenters. The number of pyridine rings is 1. The monoisotopic (exact) mass is 442 g/mol. The first-order chi connectivity index (χ1) is 16.2. The number of benzene rings is 3. The number of nitrogens with zero attached hydrogens (tertiary/aromatic N) is 1. The SMILES string of the molecule is COc1cccc(-c2cc(OCC(=O)Nc3ccc4c(c3)OCCO4)c3ccccc3n2)c1. The van der Waals surface area contributed by atoms with Crippen LogP contribution in [0, 0.1) is 0 Å². The fourth-order valence-corrected chi connectivity index (χ4v) is 3.65. The number of fused-ring (bicyclic) bond motifs is 2. The molecule has 33 heavy (non-hydrogen) atoms. The zero-order valence-corrected chi connectivity index (χ0v) is 18.0. The van der Waals surface area contributed by atoms with E-state index in [1.807, 2.05) is 54.6 Å². The number of hydrogen-bond donors (Lipinski definition) is 1. The second kappa shape index (κ2) is 9.08.